The molecule has 1 aliphatic rings. The minimum Gasteiger partial charge on any atom is -0.444 e. The number of hydrogen-bond acceptors (Lipinski definition) is 4. The zero-order chi connectivity index (χ0) is 16.5. The van der Waals surface area contributed by atoms with Gasteiger partial charge in [0, 0.05) is 18.6 Å². The van der Waals surface area contributed by atoms with Gasteiger partial charge in [-0.15, -0.1) is 0 Å². The Hall–Kier alpha value is -2.18. The summed E-state index contributed by atoms with van der Waals surface area (Å²) in [5.41, 5.74) is -1.48. The van der Waals surface area contributed by atoms with Crippen LogP contribution in [-0.2, 0) is 11.2 Å². The molecule has 1 aromatic rings. The van der Waals surface area contributed by atoms with E-state index < -0.39 is 22.3 Å². The molecule has 0 bridgehead atoms. The van der Waals surface area contributed by atoms with Crippen LogP contribution in [0.3, 0.4) is 0 Å². The average molecular weight is 310 g/mol. The van der Waals surface area contributed by atoms with Crippen LogP contribution in [0.2, 0.25) is 0 Å². The average Bonchev–Trinajstić information content (AvgIpc) is 2.34. The van der Waals surface area contributed by atoms with Crippen LogP contribution in [0.1, 0.15) is 26.3 Å². The van der Waals surface area contributed by atoms with Crippen LogP contribution in [0.4, 0.5) is 14.9 Å². The Morgan fingerprint density at radius 3 is 2.36 bits per heavy atom. The molecule has 0 atom stereocenters. The lowest BCUT2D eigenvalue weighted by molar-refractivity contribution is -0.384. The van der Waals surface area contributed by atoms with Crippen molar-refractivity contribution in [3.05, 3.63) is 39.9 Å². The Balaban J connectivity index is 1.90. The van der Waals surface area contributed by atoms with E-state index in [-0.39, 0.29) is 25.2 Å². The van der Waals surface area contributed by atoms with Gasteiger partial charge < -0.3 is 9.64 Å². The lowest BCUT2D eigenvalue weighted by atomic mass is 9.89. The Labute approximate surface area is 128 Å². The van der Waals surface area contributed by atoms with Gasteiger partial charge >= 0.3 is 6.09 Å². The van der Waals surface area contributed by atoms with Crippen LogP contribution in [-0.4, -0.2) is 40.3 Å². The van der Waals surface area contributed by atoms with Crippen molar-refractivity contribution < 1.29 is 18.8 Å². The summed E-state index contributed by atoms with van der Waals surface area (Å²) in [5, 5.41) is 10.6. The number of rotatable bonds is 3. The fourth-order valence-electron chi connectivity index (χ4n) is 2.31. The van der Waals surface area contributed by atoms with Crippen molar-refractivity contribution >= 4 is 11.8 Å². The van der Waals surface area contributed by atoms with Crippen molar-refractivity contribution in [3.63, 3.8) is 0 Å². The maximum atomic E-state index is 14.5. The molecule has 0 spiro atoms. The Morgan fingerprint density at radius 1 is 1.36 bits per heavy atom. The van der Waals surface area contributed by atoms with Crippen LogP contribution in [0.25, 0.3) is 0 Å². The summed E-state index contributed by atoms with van der Waals surface area (Å²) >= 11 is 0. The van der Waals surface area contributed by atoms with Crippen molar-refractivity contribution in [2.75, 3.05) is 13.1 Å². The lowest BCUT2D eigenvalue weighted by Gasteiger charge is -2.44. The molecule has 1 fully saturated rings. The van der Waals surface area contributed by atoms with Crippen molar-refractivity contribution in [2.45, 2.75) is 38.5 Å². The van der Waals surface area contributed by atoms with E-state index in [2.05, 4.69) is 0 Å². The predicted octanol–water partition coefficient (Wildman–Crippen LogP) is 3.10. The monoisotopic (exact) mass is 310 g/mol. The van der Waals surface area contributed by atoms with E-state index in [0.29, 0.717) is 5.56 Å². The number of nitro groups is 1. The van der Waals surface area contributed by atoms with Crippen molar-refractivity contribution in [3.8, 4) is 0 Å². The fraction of sp³-hybridized carbons (Fsp3) is 0.533. The highest BCUT2D eigenvalue weighted by Gasteiger charge is 2.47. The summed E-state index contributed by atoms with van der Waals surface area (Å²) in [6.07, 6.45) is -0.408. The van der Waals surface area contributed by atoms with E-state index in [1.54, 1.807) is 20.8 Å². The zero-order valence-electron chi connectivity index (χ0n) is 12.8. The van der Waals surface area contributed by atoms with Gasteiger partial charge in [0.05, 0.1) is 18.0 Å². The minimum absolute atomic E-state index is 0.0272. The molecule has 120 valence electrons. The van der Waals surface area contributed by atoms with Gasteiger partial charge in [0.2, 0.25) is 0 Å². The van der Waals surface area contributed by atoms with Crippen molar-refractivity contribution in [2.24, 2.45) is 0 Å². The number of amides is 1. The molecule has 0 aliphatic carbocycles. The standard InChI is InChI=1S/C15H19FN2O4/c1-14(2,3)22-13(19)17-9-15(16,10-17)8-11-4-6-12(7-5-11)18(20)21/h4-7H,8-10H2,1-3H3. The molecule has 22 heavy (non-hydrogen) atoms. The largest absolute Gasteiger partial charge is 0.444 e. The topological polar surface area (TPSA) is 72.7 Å². The fourth-order valence-corrected chi connectivity index (χ4v) is 2.31. The van der Waals surface area contributed by atoms with Crippen LogP contribution >= 0.6 is 0 Å². The number of likely N-dealkylation sites (tertiary alicyclic amines) is 1. The number of ether oxygens (including phenoxy) is 1. The number of benzene rings is 1. The summed E-state index contributed by atoms with van der Waals surface area (Å²) < 4.78 is 19.7. The minimum atomic E-state index is -1.51. The highest BCUT2D eigenvalue weighted by molar-refractivity contribution is 5.69. The summed E-state index contributed by atoms with van der Waals surface area (Å²) in [5.74, 6) is 0. The van der Waals surface area contributed by atoms with E-state index in [1.807, 2.05) is 0 Å². The molecule has 6 nitrogen and oxygen atoms in total. The number of alkyl halides is 1. The second-order valence-electron chi connectivity index (χ2n) is 6.59. The molecule has 0 N–H and O–H groups in total. The van der Waals surface area contributed by atoms with Crippen LogP contribution < -0.4 is 0 Å². The first-order valence-electron chi connectivity index (χ1n) is 6.98. The van der Waals surface area contributed by atoms with Crippen LogP contribution in [0, 0.1) is 10.1 Å². The summed E-state index contributed by atoms with van der Waals surface area (Å²) in [4.78, 5) is 23.2. The third-order valence-electron chi connectivity index (χ3n) is 3.27. The molecule has 0 unspecified atom stereocenters. The number of nitro benzene ring substituents is 1. The molecule has 7 heteroatoms. The van der Waals surface area contributed by atoms with Gasteiger partial charge in [-0.2, -0.15) is 0 Å². The number of carbonyl (C=O) groups is 1. The smallest absolute Gasteiger partial charge is 0.410 e. The van der Waals surface area contributed by atoms with E-state index in [9.17, 15) is 19.3 Å². The maximum Gasteiger partial charge on any atom is 0.410 e. The highest BCUT2D eigenvalue weighted by atomic mass is 19.1. The molecule has 1 aromatic carbocycles. The van der Waals surface area contributed by atoms with Gasteiger partial charge in [-0.05, 0) is 26.3 Å². The molecular formula is C15H19FN2O4. The Kier molecular flexibility index (Phi) is 4.08. The summed E-state index contributed by atoms with van der Waals surface area (Å²) in [6.45, 7) is 5.20. The molecular weight excluding hydrogens is 291 g/mol. The first kappa shape index (κ1) is 16.2. The molecule has 1 aliphatic heterocycles. The SMILES string of the molecule is CC(C)(C)OC(=O)N1CC(F)(Cc2ccc([N+](=O)[O-])cc2)C1. The molecule has 1 heterocycles. The Morgan fingerprint density at radius 2 is 1.91 bits per heavy atom. The van der Waals surface area contributed by atoms with Crippen molar-refractivity contribution in [1.29, 1.82) is 0 Å². The molecule has 0 aromatic heterocycles. The number of carbonyl (C=O) groups excluding carboxylic acids is 1. The first-order valence-corrected chi connectivity index (χ1v) is 6.98. The van der Waals surface area contributed by atoms with Gasteiger partial charge in [0.15, 0.2) is 0 Å². The first-order chi connectivity index (χ1) is 10.1. The second kappa shape index (κ2) is 5.55. The highest BCUT2D eigenvalue weighted by Crippen LogP contribution is 2.31. The van der Waals surface area contributed by atoms with Gasteiger partial charge in [-0.1, -0.05) is 12.1 Å². The predicted molar refractivity (Wildman–Crippen MR) is 78.4 cm³/mol. The van der Waals surface area contributed by atoms with Gasteiger partial charge in [0.1, 0.15) is 11.3 Å². The van der Waals surface area contributed by atoms with E-state index in [0.717, 1.165) is 0 Å². The van der Waals surface area contributed by atoms with Gasteiger partial charge in [-0.25, -0.2) is 9.18 Å². The lowest BCUT2D eigenvalue weighted by Crippen LogP contribution is -2.62. The molecule has 2 rings (SSSR count). The Bertz CT molecular complexity index is 574. The van der Waals surface area contributed by atoms with Crippen molar-refractivity contribution in [1.82, 2.24) is 4.90 Å². The third-order valence-corrected chi connectivity index (χ3v) is 3.27. The van der Waals surface area contributed by atoms with E-state index in [1.165, 1.54) is 29.2 Å². The number of non-ortho nitro benzene ring substituents is 1. The van der Waals surface area contributed by atoms with E-state index >= 15 is 0 Å². The number of nitrogens with zero attached hydrogens (tertiary/aromatic N) is 2. The number of halogens is 1. The molecule has 0 saturated carbocycles. The zero-order valence-corrected chi connectivity index (χ0v) is 12.8. The third kappa shape index (κ3) is 3.93. The van der Waals surface area contributed by atoms with Gasteiger partial charge in [-0.3, -0.25) is 10.1 Å². The van der Waals surface area contributed by atoms with E-state index in [4.69, 9.17) is 4.74 Å². The van der Waals surface area contributed by atoms with Crippen LogP contribution in [0.5, 0.6) is 0 Å². The van der Waals surface area contributed by atoms with Gasteiger partial charge in [0.25, 0.3) is 5.69 Å². The molecule has 1 saturated heterocycles. The van der Waals surface area contributed by atoms with Crippen LogP contribution in [0.15, 0.2) is 24.3 Å². The number of hydrogen-bond donors (Lipinski definition) is 0. The summed E-state index contributed by atoms with van der Waals surface area (Å²) in [6, 6.07) is 5.77. The maximum absolute atomic E-state index is 14.5. The second-order valence-corrected chi connectivity index (χ2v) is 6.59. The summed E-state index contributed by atoms with van der Waals surface area (Å²) in [7, 11) is 0. The quantitative estimate of drug-likeness (QED) is 0.635. The molecule has 0 radical (unpaired) electrons. The molecule has 1 amide bonds. The normalized spacial score (nSPS) is 16.8.